The molecule has 0 bridgehead atoms. The Morgan fingerprint density at radius 3 is 2.89 bits per heavy atom. The van der Waals surface area contributed by atoms with Crippen LogP contribution in [0.25, 0.3) is 16.8 Å². The Balaban J connectivity index is 2.20. The molecule has 1 aromatic carbocycles. The Morgan fingerprint density at radius 1 is 1.26 bits per heavy atom. The molecule has 3 rings (SSSR count). The molecule has 0 atom stereocenters. The van der Waals surface area contributed by atoms with E-state index in [-0.39, 0.29) is 11.8 Å². The minimum atomic E-state index is -0.323. The summed E-state index contributed by atoms with van der Waals surface area (Å²) in [4.78, 5) is 4.07. The number of nitrogens with zero attached hydrogens (tertiary/aromatic N) is 3. The van der Waals surface area contributed by atoms with Crippen molar-refractivity contribution in [3.63, 3.8) is 0 Å². The minimum Gasteiger partial charge on any atom is -0.496 e. The first-order chi connectivity index (χ1) is 9.17. The molecule has 0 fully saturated rings. The van der Waals surface area contributed by atoms with E-state index in [0.717, 1.165) is 5.56 Å². The van der Waals surface area contributed by atoms with Crippen molar-refractivity contribution < 1.29 is 9.13 Å². The Morgan fingerprint density at radius 2 is 2.11 bits per heavy atom. The van der Waals surface area contributed by atoms with Crippen molar-refractivity contribution in [2.45, 2.75) is 0 Å². The van der Waals surface area contributed by atoms with Crippen molar-refractivity contribution in [1.82, 2.24) is 14.6 Å². The Kier molecular flexibility index (Phi) is 2.56. The van der Waals surface area contributed by atoms with Gasteiger partial charge in [-0.2, -0.15) is 4.98 Å². The Labute approximate surface area is 108 Å². The highest BCUT2D eigenvalue weighted by atomic mass is 19.1. The summed E-state index contributed by atoms with van der Waals surface area (Å²) in [5, 5.41) is 3.99. The van der Waals surface area contributed by atoms with Crippen molar-refractivity contribution in [2.24, 2.45) is 0 Å². The lowest BCUT2D eigenvalue weighted by Crippen LogP contribution is -1.92. The van der Waals surface area contributed by atoms with E-state index in [1.54, 1.807) is 36.0 Å². The summed E-state index contributed by atoms with van der Waals surface area (Å²) in [5.74, 6) is 0.471. The van der Waals surface area contributed by atoms with Crippen LogP contribution >= 0.6 is 0 Å². The molecular formula is C13H11FN4O. The van der Waals surface area contributed by atoms with E-state index in [0.29, 0.717) is 17.0 Å². The molecule has 2 heterocycles. The first kappa shape index (κ1) is 11.5. The second-order valence-electron chi connectivity index (χ2n) is 4.03. The number of nitrogens with two attached hydrogens (primary N) is 1. The zero-order valence-electron chi connectivity index (χ0n) is 10.2. The van der Waals surface area contributed by atoms with Gasteiger partial charge in [0.25, 0.3) is 0 Å². The molecule has 0 aliphatic rings. The number of anilines is 1. The maximum absolute atomic E-state index is 13.4. The molecule has 0 radical (unpaired) electrons. The second-order valence-corrected chi connectivity index (χ2v) is 4.03. The topological polar surface area (TPSA) is 65.4 Å². The zero-order chi connectivity index (χ0) is 13.4. The number of hydrogen-bond donors (Lipinski definition) is 1. The van der Waals surface area contributed by atoms with Crippen molar-refractivity contribution in [1.29, 1.82) is 0 Å². The number of nitrogen functional groups attached to an aromatic ring is 1. The lowest BCUT2D eigenvalue weighted by molar-refractivity contribution is 0.415. The minimum absolute atomic E-state index is 0.198. The molecular weight excluding hydrogens is 247 g/mol. The molecule has 0 aliphatic heterocycles. The van der Waals surface area contributed by atoms with Crippen molar-refractivity contribution in [2.75, 3.05) is 12.8 Å². The van der Waals surface area contributed by atoms with Crippen LogP contribution in [0.15, 0.2) is 36.5 Å². The number of aromatic nitrogens is 3. The Bertz CT molecular complexity index is 753. The number of halogens is 1. The number of fused-ring (bicyclic) bond motifs is 1. The maximum Gasteiger partial charge on any atom is 0.240 e. The average molecular weight is 258 g/mol. The fraction of sp³-hybridized carbons (Fsp3) is 0.0769. The summed E-state index contributed by atoms with van der Waals surface area (Å²) in [6.07, 6.45) is 1.72. The highest BCUT2D eigenvalue weighted by Gasteiger charge is 2.09. The van der Waals surface area contributed by atoms with Crippen molar-refractivity contribution in [3.05, 3.63) is 42.3 Å². The summed E-state index contributed by atoms with van der Waals surface area (Å²) < 4.78 is 20.2. The average Bonchev–Trinajstić information content (AvgIpc) is 2.77. The van der Waals surface area contributed by atoms with Crippen LogP contribution in [0.5, 0.6) is 5.75 Å². The third-order valence-electron chi connectivity index (χ3n) is 2.83. The van der Waals surface area contributed by atoms with E-state index in [2.05, 4.69) is 10.1 Å². The van der Waals surface area contributed by atoms with Crippen molar-refractivity contribution >= 4 is 11.6 Å². The van der Waals surface area contributed by atoms with Crippen LogP contribution in [-0.2, 0) is 0 Å². The summed E-state index contributed by atoms with van der Waals surface area (Å²) >= 11 is 0. The maximum atomic E-state index is 13.4. The first-order valence-corrected chi connectivity index (χ1v) is 5.63. The molecule has 0 amide bonds. The third-order valence-corrected chi connectivity index (χ3v) is 2.83. The second kappa shape index (κ2) is 4.24. The summed E-state index contributed by atoms with van der Waals surface area (Å²) in [6.45, 7) is 0. The van der Waals surface area contributed by atoms with E-state index in [9.17, 15) is 4.39 Å². The van der Waals surface area contributed by atoms with Gasteiger partial charge in [-0.05, 0) is 35.9 Å². The van der Waals surface area contributed by atoms with Crippen LogP contribution in [-0.4, -0.2) is 21.7 Å². The van der Waals surface area contributed by atoms with E-state index < -0.39 is 0 Å². The van der Waals surface area contributed by atoms with Crippen molar-refractivity contribution in [3.8, 4) is 16.9 Å². The molecule has 0 spiro atoms. The van der Waals surface area contributed by atoms with Crippen LogP contribution in [0, 0.1) is 5.82 Å². The van der Waals surface area contributed by atoms with Gasteiger partial charge < -0.3 is 10.5 Å². The molecule has 2 aromatic heterocycles. The van der Waals surface area contributed by atoms with Gasteiger partial charge in [-0.3, -0.25) is 0 Å². The molecule has 2 N–H and O–H groups in total. The molecule has 96 valence electrons. The van der Waals surface area contributed by atoms with E-state index in [1.807, 2.05) is 0 Å². The molecule has 19 heavy (non-hydrogen) atoms. The van der Waals surface area contributed by atoms with Gasteiger partial charge in [-0.1, -0.05) is 0 Å². The lowest BCUT2D eigenvalue weighted by Gasteiger charge is -2.08. The number of rotatable bonds is 2. The number of benzene rings is 1. The molecule has 0 saturated carbocycles. The molecule has 5 nitrogen and oxygen atoms in total. The SMILES string of the molecule is COc1ccc(F)cc1-c1ccn2nc(N)nc2c1. The monoisotopic (exact) mass is 258 g/mol. The van der Waals surface area contributed by atoms with Gasteiger partial charge in [0.2, 0.25) is 5.95 Å². The number of pyridine rings is 1. The smallest absolute Gasteiger partial charge is 0.240 e. The third kappa shape index (κ3) is 1.97. The van der Waals surface area contributed by atoms with Crippen LogP contribution in [0.1, 0.15) is 0 Å². The van der Waals surface area contributed by atoms with Crippen LogP contribution in [0.4, 0.5) is 10.3 Å². The van der Waals surface area contributed by atoms with Gasteiger partial charge in [0.05, 0.1) is 7.11 Å². The first-order valence-electron chi connectivity index (χ1n) is 5.63. The van der Waals surface area contributed by atoms with E-state index in [4.69, 9.17) is 10.5 Å². The van der Waals surface area contributed by atoms with Crippen LogP contribution < -0.4 is 10.5 Å². The zero-order valence-corrected chi connectivity index (χ0v) is 10.2. The van der Waals surface area contributed by atoms with Gasteiger partial charge in [0, 0.05) is 11.8 Å². The normalized spacial score (nSPS) is 10.8. The van der Waals surface area contributed by atoms with Gasteiger partial charge in [-0.25, -0.2) is 8.91 Å². The van der Waals surface area contributed by atoms with Gasteiger partial charge in [0.15, 0.2) is 5.65 Å². The standard InChI is InChI=1S/C13H11FN4O/c1-19-11-3-2-9(14)7-10(11)8-4-5-18-12(6-8)16-13(15)17-18/h2-7H,1H3,(H2,15,17). The Hall–Kier alpha value is -2.63. The predicted molar refractivity (Wildman–Crippen MR) is 69.3 cm³/mol. The molecule has 0 aliphatic carbocycles. The molecule has 0 unspecified atom stereocenters. The quantitative estimate of drug-likeness (QED) is 0.764. The van der Waals surface area contributed by atoms with E-state index in [1.165, 1.54) is 12.1 Å². The highest BCUT2D eigenvalue weighted by molar-refractivity contribution is 5.73. The largest absolute Gasteiger partial charge is 0.496 e. The number of methoxy groups -OCH3 is 1. The van der Waals surface area contributed by atoms with Gasteiger partial charge in [-0.15, -0.1) is 5.10 Å². The summed E-state index contributed by atoms with van der Waals surface area (Å²) in [7, 11) is 1.55. The fourth-order valence-corrected chi connectivity index (χ4v) is 1.97. The molecule has 6 heteroatoms. The predicted octanol–water partition coefficient (Wildman–Crippen LogP) is 2.13. The summed E-state index contributed by atoms with van der Waals surface area (Å²) in [6, 6.07) is 7.95. The molecule has 0 saturated heterocycles. The fourth-order valence-electron chi connectivity index (χ4n) is 1.97. The summed E-state index contributed by atoms with van der Waals surface area (Å²) in [5.41, 5.74) is 7.58. The van der Waals surface area contributed by atoms with Crippen LogP contribution in [0.3, 0.4) is 0 Å². The van der Waals surface area contributed by atoms with Gasteiger partial charge >= 0.3 is 0 Å². The number of ether oxygens (including phenoxy) is 1. The number of hydrogen-bond acceptors (Lipinski definition) is 4. The van der Waals surface area contributed by atoms with Gasteiger partial charge in [0.1, 0.15) is 11.6 Å². The lowest BCUT2D eigenvalue weighted by atomic mass is 10.1. The van der Waals surface area contributed by atoms with Crippen LogP contribution in [0.2, 0.25) is 0 Å². The van der Waals surface area contributed by atoms with E-state index >= 15 is 0 Å². The highest BCUT2D eigenvalue weighted by Crippen LogP contribution is 2.31. The molecule has 3 aromatic rings.